The number of nitrogens with two attached hydrogens (primary N) is 1. The zero-order valence-electron chi connectivity index (χ0n) is 8.82. The molecule has 1 saturated carbocycles. The maximum Gasteiger partial charge on any atom is 0.0970 e. The summed E-state index contributed by atoms with van der Waals surface area (Å²) in [5.74, 6) is 0.589. The topological polar surface area (TPSA) is 38.9 Å². The Kier molecular flexibility index (Phi) is 2.73. The molecule has 1 heterocycles. The van der Waals surface area contributed by atoms with Crippen LogP contribution in [0.15, 0.2) is 22.7 Å². The van der Waals surface area contributed by atoms with Crippen molar-refractivity contribution in [3.8, 4) is 0 Å². The lowest BCUT2D eigenvalue weighted by atomic mass is 10.1. The highest BCUT2D eigenvalue weighted by Crippen LogP contribution is 2.38. The molecule has 2 aromatic rings. The summed E-state index contributed by atoms with van der Waals surface area (Å²) in [4.78, 5) is 4.71. The Morgan fingerprint density at radius 1 is 1.38 bits per heavy atom. The fraction of sp³-hybridized carbons (Fsp3) is 0.417. The summed E-state index contributed by atoms with van der Waals surface area (Å²) in [5, 5.41) is 1.26. The molecule has 1 aliphatic carbocycles. The van der Waals surface area contributed by atoms with Gasteiger partial charge >= 0.3 is 0 Å². The van der Waals surface area contributed by atoms with Crippen molar-refractivity contribution in [3.63, 3.8) is 0 Å². The van der Waals surface area contributed by atoms with Crippen LogP contribution in [0.25, 0.3) is 10.2 Å². The number of hydrogen-bond acceptors (Lipinski definition) is 3. The number of nitrogens with zero attached hydrogens (tertiary/aromatic N) is 1. The lowest BCUT2D eigenvalue weighted by Gasteiger charge is -2.03. The van der Waals surface area contributed by atoms with Gasteiger partial charge in [-0.3, -0.25) is 0 Å². The highest BCUT2D eigenvalue weighted by atomic mass is 79.9. The molecule has 0 amide bonds. The third-order valence-electron chi connectivity index (χ3n) is 3.19. The van der Waals surface area contributed by atoms with Crippen molar-refractivity contribution in [1.82, 2.24) is 4.98 Å². The Hall–Kier alpha value is -0.450. The van der Waals surface area contributed by atoms with Gasteiger partial charge in [0.25, 0.3) is 0 Å². The van der Waals surface area contributed by atoms with E-state index in [1.807, 2.05) is 17.4 Å². The smallest absolute Gasteiger partial charge is 0.0970 e. The second-order valence-electron chi connectivity index (χ2n) is 4.43. The van der Waals surface area contributed by atoms with Crippen LogP contribution in [0.5, 0.6) is 0 Å². The maximum atomic E-state index is 5.95. The molecule has 2 nitrogen and oxygen atoms in total. The summed E-state index contributed by atoms with van der Waals surface area (Å²) in [6.45, 7) is 0. The molecule has 4 heteroatoms. The molecule has 0 aliphatic heterocycles. The van der Waals surface area contributed by atoms with E-state index in [1.165, 1.54) is 16.1 Å². The van der Waals surface area contributed by atoms with Gasteiger partial charge in [-0.05, 0) is 37.5 Å². The predicted molar refractivity (Wildman–Crippen MR) is 71.9 cm³/mol. The molecule has 0 radical (unpaired) electrons. The van der Waals surface area contributed by atoms with Crippen LogP contribution in [0.2, 0.25) is 0 Å². The van der Waals surface area contributed by atoms with Crippen LogP contribution in [-0.4, -0.2) is 11.0 Å². The molecule has 3 rings (SSSR count). The van der Waals surface area contributed by atoms with Crippen LogP contribution in [-0.2, 0) is 0 Å². The van der Waals surface area contributed by atoms with Gasteiger partial charge < -0.3 is 5.73 Å². The first-order valence-corrected chi connectivity index (χ1v) is 7.15. The third kappa shape index (κ3) is 1.90. The van der Waals surface area contributed by atoms with Gasteiger partial charge in [0.15, 0.2) is 0 Å². The zero-order valence-corrected chi connectivity index (χ0v) is 11.2. The zero-order chi connectivity index (χ0) is 11.1. The predicted octanol–water partition coefficient (Wildman–Crippen LogP) is 3.65. The summed E-state index contributed by atoms with van der Waals surface area (Å²) in [7, 11) is 0. The van der Waals surface area contributed by atoms with Gasteiger partial charge in [0, 0.05) is 16.4 Å². The lowest BCUT2D eigenvalue weighted by Crippen LogP contribution is -2.14. The first kappa shape index (κ1) is 10.7. The Balaban J connectivity index is 1.99. The Bertz CT molecular complexity index is 523. The molecule has 1 fully saturated rings. The molecule has 0 bridgehead atoms. The minimum Gasteiger partial charge on any atom is -0.328 e. The summed E-state index contributed by atoms with van der Waals surface area (Å²) in [6, 6.07) is 6.65. The van der Waals surface area contributed by atoms with E-state index in [0.717, 1.165) is 22.8 Å². The Morgan fingerprint density at radius 3 is 3.00 bits per heavy atom. The van der Waals surface area contributed by atoms with Crippen LogP contribution in [0, 0.1) is 0 Å². The van der Waals surface area contributed by atoms with Crippen LogP contribution in [0.3, 0.4) is 0 Å². The van der Waals surface area contributed by atoms with Crippen LogP contribution in [0.1, 0.15) is 30.2 Å². The van der Waals surface area contributed by atoms with Crippen molar-refractivity contribution in [1.29, 1.82) is 0 Å². The van der Waals surface area contributed by atoms with Gasteiger partial charge in [0.2, 0.25) is 0 Å². The summed E-state index contributed by atoms with van der Waals surface area (Å²) < 4.78 is 2.39. The normalized spacial score (nSPS) is 25.4. The molecule has 1 aliphatic rings. The number of rotatable bonds is 1. The quantitative estimate of drug-likeness (QED) is 0.872. The van der Waals surface area contributed by atoms with E-state index in [9.17, 15) is 0 Å². The van der Waals surface area contributed by atoms with Gasteiger partial charge in [-0.15, -0.1) is 11.3 Å². The van der Waals surface area contributed by atoms with Gasteiger partial charge in [0.1, 0.15) is 0 Å². The van der Waals surface area contributed by atoms with E-state index in [1.54, 1.807) is 0 Å². The first-order valence-electron chi connectivity index (χ1n) is 5.54. The molecule has 1 aromatic carbocycles. The molecule has 2 atom stereocenters. The lowest BCUT2D eigenvalue weighted by molar-refractivity contribution is 0.673. The molecular formula is C12H13BrN2S. The average molecular weight is 297 g/mol. The fourth-order valence-electron chi connectivity index (χ4n) is 2.33. The second-order valence-corrected chi connectivity index (χ2v) is 6.41. The van der Waals surface area contributed by atoms with Gasteiger partial charge in [0.05, 0.1) is 15.2 Å². The van der Waals surface area contributed by atoms with Crippen molar-refractivity contribution in [2.75, 3.05) is 0 Å². The van der Waals surface area contributed by atoms with Crippen molar-refractivity contribution < 1.29 is 0 Å². The largest absolute Gasteiger partial charge is 0.328 e. The standard InChI is InChI=1S/C12H13BrN2S/c13-8-2-4-10-11(6-8)16-12(15-10)7-1-3-9(14)5-7/h2,4,6-7,9H,1,3,5,14H2. The van der Waals surface area contributed by atoms with E-state index >= 15 is 0 Å². The monoisotopic (exact) mass is 296 g/mol. The fourth-order valence-corrected chi connectivity index (χ4v) is 4.00. The number of hydrogen-bond donors (Lipinski definition) is 1. The van der Waals surface area contributed by atoms with Crippen LogP contribution < -0.4 is 5.73 Å². The maximum absolute atomic E-state index is 5.95. The molecule has 0 saturated heterocycles. The Labute approximate surface area is 107 Å². The van der Waals surface area contributed by atoms with Gasteiger partial charge in [-0.1, -0.05) is 15.9 Å². The van der Waals surface area contributed by atoms with Gasteiger partial charge in [-0.2, -0.15) is 0 Å². The minimum absolute atomic E-state index is 0.378. The third-order valence-corrected chi connectivity index (χ3v) is 4.86. The van der Waals surface area contributed by atoms with Crippen molar-refractivity contribution in [3.05, 3.63) is 27.7 Å². The van der Waals surface area contributed by atoms with E-state index in [-0.39, 0.29) is 0 Å². The van der Waals surface area contributed by atoms with Crippen LogP contribution in [0.4, 0.5) is 0 Å². The van der Waals surface area contributed by atoms with E-state index < -0.39 is 0 Å². The Morgan fingerprint density at radius 2 is 2.25 bits per heavy atom. The number of thiazole rings is 1. The van der Waals surface area contributed by atoms with Crippen molar-refractivity contribution in [2.24, 2.45) is 5.73 Å². The summed E-state index contributed by atoms with van der Waals surface area (Å²) in [5.41, 5.74) is 7.06. The molecule has 0 spiro atoms. The highest BCUT2D eigenvalue weighted by Gasteiger charge is 2.25. The highest BCUT2D eigenvalue weighted by molar-refractivity contribution is 9.10. The van der Waals surface area contributed by atoms with Crippen molar-refractivity contribution >= 4 is 37.5 Å². The molecule has 2 N–H and O–H groups in total. The minimum atomic E-state index is 0.378. The average Bonchev–Trinajstić information content (AvgIpc) is 2.83. The SMILES string of the molecule is NC1CCC(c2nc3ccc(Br)cc3s2)C1. The number of benzene rings is 1. The number of fused-ring (bicyclic) bond motifs is 1. The van der Waals surface area contributed by atoms with Crippen molar-refractivity contribution in [2.45, 2.75) is 31.2 Å². The van der Waals surface area contributed by atoms with E-state index in [0.29, 0.717) is 12.0 Å². The van der Waals surface area contributed by atoms with E-state index in [2.05, 4.69) is 28.1 Å². The molecule has 84 valence electrons. The molecule has 2 unspecified atom stereocenters. The molecular weight excluding hydrogens is 284 g/mol. The van der Waals surface area contributed by atoms with E-state index in [4.69, 9.17) is 10.7 Å². The summed E-state index contributed by atoms with van der Waals surface area (Å²) >= 11 is 5.31. The van der Waals surface area contributed by atoms with Gasteiger partial charge in [-0.25, -0.2) is 4.98 Å². The molecule has 1 aromatic heterocycles. The summed E-state index contributed by atoms with van der Waals surface area (Å²) in [6.07, 6.45) is 3.44. The van der Waals surface area contributed by atoms with Crippen LogP contribution >= 0.6 is 27.3 Å². The number of aromatic nitrogens is 1. The molecule has 16 heavy (non-hydrogen) atoms. The number of halogens is 1. The second kappa shape index (κ2) is 4.09. The first-order chi connectivity index (χ1) is 7.72.